The molecule has 1 saturated carbocycles. The van der Waals surface area contributed by atoms with Crippen molar-refractivity contribution in [1.29, 1.82) is 0 Å². The Morgan fingerprint density at radius 2 is 2.00 bits per heavy atom. The zero-order chi connectivity index (χ0) is 21.8. The summed E-state index contributed by atoms with van der Waals surface area (Å²) in [5.74, 6) is 0.00589. The first-order valence-electron chi connectivity index (χ1n) is 12.0. The number of allylic oxidation sites excluding steroid dienone is 1. The van der Waals surface area contributed by atoms with Crippen LogP contribution in [-0.4, -0.2) is 60.9 Å². The van der Waals surface area contributed by atoms with Crippen molar-refractivity contribution < 1.29 is 14.6 Å². The van der Waals surface area contributed by atoms with E-state index in [1.807, 2.05) is 0 Å². The van der Waals surface area contributed by atoms with E-state index in [1.54, 1.807) is 0 Å². The molecule has 0 radical (unpaired) electrons. The first-order valence-corrected chi connectivity index (χ1v) is 12.0. The molecule has 168 valence electrons. The molecule has 2 saturated heterocycles. The third-order valence-electron chi connectivity index (χ3n) is 8.76. The molecular formula is C26H36N2O3. The number of carbonyl (C=O) groups excluding carboxylic acids is 1. The van der Waals surface area contributed by atoms with Gasteiger partial charge in [0, 0.05) is 56.2 Å². The number of anilines is 1. The second-order valence-electron chi connectivity index (χ2n) is 10.4. The van der Waals surface area contributed by atoms with Gasteiger partial charge in [0.2, 0.25) is 0 Å². The van der Waals surface area contributed by atoms with Gasteiger partial charge in [0.25, 0.3) is 0 Å². The summed E-state index contributed by atoms with van der Waals surface area (Å²) in [6.45, 7) is 11.1. The van der Waals surface area contributed by atoms with Crippen LogP contribution in [-0.2, 0) is 9.53 Å². The number of fused-ring (bicyclic) bond motifs is 2. The van der Waals surface area contributed by atoms with Crippen LogP contribution in [0.4, 0.5) is 5.69 Å². The average Bonchev–Trinajstić information content (AvgIpc) is 3.06. The van der Waals surface area contributed by atoms with Crippen LogP contribution in [0.1, 0.15) is 38.7 Å². The van der Waals surface area contributed by atoms with Crippen LogP contribution in [0.15, 0.2) is 35.9 Å². The first kappa shape index (κ1) is 21.0. The highest BCUT2D eigenvalue weighted by atomic mass is 16.6. The monoisotopic (exact) mass is 424 g/mol. The number of piperazine rings is 1. The molecule has 4 aliphatic rings. The Balaban J connectivity index is 1.28. The number of carbonyl (C=O) groups is 1. The van der Waals surface area contributed by atoms with Crippen LogP contribution < -0.4 is 4.90 Å². The predicted molar refractivity (Wildman–Crippen MR) is 122 cm³/mol. The van der Waals surface area contributed by atoms with Crippen LogP contribution in [0, 0.1) is 30.1 Å². The van der Waals surface area contributed by atoms with E-state index in [0.29, 0.717) is 12.5 Å². The summed E-state index contributed by atoms with van der Waals surface area (Å²) in [5, 5.41) is 11.5. The Kier molecular flexibility index (Phi) is 5.38. The zero-order valence-corrected chi connectivity index (χ0v) is 19.1. The number of benzene rings is 1. The molecule has 5 nitrogen and oxygen atoms in total. The average molecular weight is 425 g/mol. The van der Waals surface area contributed by atoms with E-state index in [1.165, 1.54) is 16.8 Å². The minimum Gasteiger partial charge on any atom is -0.461 e. The molecule has 1 N–H and O–H groups in total. The van der Waals surface area contributed by atoms with Crippen LogP contribution in [0.2, 0.25) is 0 Å². The Hall–Kier alpha value is -1.85. The standard InChI is InChI=1S/C26H36N2O3/c1-17-6-4-9-20(14-17)28-12-10-27(11-13-28)16-21-23-22(31-25(21)30)15-19-8-5-7-18(2)26(19,3)24(23)29/h4,6,8-9,14,18,21-24,29H,5,7,10-13,15-16H2,1-3H3/t18-,21-,22+,23+,24+,26+/m0/s1. The van der Waals surface area contributed by atoms with Crippen molar-refractivity contribution in [2.24, 2.45) is 23.2 Å². The molecule has 2 aliphatic carbocycles. The van der Waals surface area contributed by atoms with E-state index >= 15 is 0 Å². The van der Waals surface area contributed by atoms with Crippen molar-refractivity contribution in [1.82, 2.24) is 4.90 Å². The summed E-state index contributed by atoms with van der Waals surface area (Å²) in [5.41, 5.74) is 3.64. The molecular weight excluding hydrogens is 388 g/mol. The first-order chi connectivity index (χ1) is 14.9. The fourth-order valence-corrected chi connectivity index (χ4v) is 6.57. The molecule has 31 heavy (non-hydrogen) atoms. The number of ether oxygens (including phenoxy) is 1. The van der Waals surface area contributed by atoms with Gasteiger partial charge >= 0.3 is 5.97 Å². The van der Waals surface area contributed by atoms with E-state index in [4.69, 9.17) is 4.74 Å². The van der Waals surface area contributed by atoms with Crippen LogP contribution >= 0.6 is 0 Å². The Morgan fingerprint density at radius 3 is 2.74 bits per heavy atom. The summed E-state index contributed by atoms with van der Waals surface area (Å²) in [4.78, 5) is 17.7. The second-order valence-corrected chi connectivity index (χ2v) is 10.4. The number of rotatable bonds is 3. The molecule has 2 heterocycles. The van der Waals surface area contributed by atoms with E-state index < -0.39 is 6.10 Å². The molecule has 0 amide bonds. The third-order valence-corrected chi connectivity index (χ3v) is 8.76. The van der Waals surface area contributed by atoms with Gasteiger partial charge < -0.3 is 14.7 Å². The quantitative estimate of drug-likeness (QED) is 0.595. The molecule has 6 atom stereocenters. The Morgan fingerprint density at radius 1 is 1.23 bits per heavy atom. The van der Waals surface area contributed by atoms with E-state index in [-0.39, 0.29) is 29.3 Å². The predicted octanol–water partition coefficient (Wildman–Crippen LogP) is 3.40. The number of esters is 1. The molecule has 5 heteroatoms. The highest BCUT2D eigenvalue weighted by Gasteiger charge is 2.59. The minimum absolute atomic E-state index is 0.0926. The summed E-state index contributed by atoms with van der Waals surface area (Å²) in [6, 6.07) is 8.67. The van der Waals surface area contributed by atoms with Crippen LogP contribution in [0.3, 0.4) is 0 Å². The largest absolute Gasteiger partial charge is 0.461 e. The molecule has 0 aromatic heterocycles. The molecule has 1 aromatic rings. The number of aryl methyl sites for hydroxylation is 1. The minimum atomic E-state index is -0.516. The van der Waals surface area contributed by atoms with Crippen molar-refractivity contribution in [3.05, 3.63) is 41.5 Å². The van der Waals surface area contributed by atoms with Gasteiger partial charge in [-0.3, -0.25) is 9.69 Å². The Labute approximate surface area is 186 Å². The van der Waals surface area contributed by atoms with E-state index in [0.717, 1.165) is 45.4 Å². The maximum Gasteiger partial charge on any atom is 0.311 e. The van der Waals surface area contributed by atoms with Gasteiger partial charge in [-0.15, -0.1) is 0 Å². The van der Waals surface area contributed by atoms with Crippen molar-refractivity contribution in [3.63, 3.8) is 0 Å². The lowest BCUT2D eigenvalue weighted by Gasteiger charge is -2.52. The lowest BCUT2D eigenvalue weighted by Crippen LogP contribution is -2.55. The van der Waals surface area contributed by atoms with Gasteiger partial charge in [-0.1, -0.05) is 37.6 Å². The summed E-state index contributed by atoms with van der Waals surface area (Å²) >= 11 is 0. The highest BCUT2D eigenvalue weighted by Crippen LogP contribution is 2.56. The number of aliphatic hydroxyl groups excluding tert-OH is 1. The number of aliphatic hydroxyl groups is 1. The Bertz CT molecular complexity index is 875. The van der Waals surface area contributed by atoms with Gasteiger partial charge in [-0.05, 0) is 43.4 Å². The molecule has 3 fully saturated rings. The van der Waals surface area contributed by atoms with Crippen LogP contribution in [0.25, 0.3) is 0 Å². The molecule has 0 bridgehead atoms. The van der Waals surface area contributed by atoms with Crippen molar-refractivity contribution in [2.75, 3.05) is 37.6 Å². The van der Waals surface area contributed by atoms with Gasteiger partial charge in [-0.2, -0.15) is 0 Å². The normalized spacial score (nSPS) is 38.3. The molecule has 5 rings (SSSR count). The van der Waals surface area contributed by atoms with Crippen LogP contribution in [0.5, 0.6) is 0 Å². The lowest BCUT2D eigenvalue weighted by atomic mass is 9.55. The number of hydrogen-bond donors (Lipinski definition) is 1. The second kappa shape index (κ2) is 7.93. The van der Waals surface area contributed by atoms with Crippen molar-refractivity contribution in [2.45, 2.75) is 52.2 Å². The van der Waals surface area contributed by atoms with E-state index in [2.05, 4.69) is 60.9 Å². The van der Waals surface area contributed by atoms with Gasteiger partial charge in [0.1, 0.15) is 6.10 Å². The number of hydrogen-bond acceptors (Lipinski definition) is 5. The molecule has 0 unspecified atom stereocenters. The van der Waals surface area contributed by atoms with E-state index in [9.17, 15) is 9.90 Å². The third kappa shape index (κ3) is 3.50. The maximum absolute atomic E-state index is 12.9. The maximum atomic E-state index is 12.9. The highest BCUT2D eigenvalue weighted by molar-refractivity contribution is 5.76. The van der Waals surface area contributed by atoms with Gasteiger partial charge in [0.15, 0.2) is 0 Å². The molecule has 2 aliphatic heterocycles. The van der Waals surface area contributed by atoms with Gasteiger partial charge in [0.05, 0.1) is 12.0 Å². The lowest BCUT2D eigenvalue weighted by molar-refractivity contribution is -0.145. The fraction of sp³-hybridized carbons (Fsp3) is 0.654. The van der Waals surface area contributed by atoms with Crippen molar-refractivity contribution in [3.8, 4) is 0 Å². The summed E-state index contributed by atoms with van der Waals surface area (Å²) in [7, 11) is 0. The zero-order valence-electron chi connectivity index (χ0n) is 19.1. The topological polar surface area (TPSA) is 53.0 Å². The number of nitrogens with zero attached hydrogens (tertiary/aromatic N) is 2. The fourth-order valence-electron chi connectivity index (χ4n) is 6.57. The van der Waals surface area contributed by atoms with Gasteiger partial charge in [-0.25, -0.2) is 0 Å². The molecule has 0 spiro atoms. The summed E-state index contributed by atoms with van der Waals surface area (Å²) in [6.07, 6.45) is 4.59. The SMILES string of the molecule is Cc1cccc(N2CCN(C[C@@H]3C(=O)O[C@@H]4CC5=CCC[C@H](C)[C@@]5(C)[C@H](O)[C@H]34)CC2)c1. The summed E-state index contributed by atoms with van der Waals surface area (Å²) < 4.78 is 5.85. The van der Waals surface area contributed by atoms with Crippen molar-refractivity contribution >= 4 is 11.7 Å². The molecule has 1 aromatic carbocycles. The smallest absolute Gasteiger partial charge is 0.311 e.